The van der Waals surface area contributed by atoms with Gasteiger partial charge >= 0.3 is 0 Å². The number of carbonyl (C=O) groups is 4. The summed E-state index contributed by atoms with van der Waals surface area (Å²) in [6.45, 7) is 2.19. The van der Waals surface area contributed by atoms with Crippen molar-refractivity contribution in [2.45, 2.75) is 137 Å². The minimum absolute atomic E-state index is 0.163. The third kappa shape index (κ3) is 11.2. The maximum Gasteiger partial charge on any atom is 0.259 e. The van der Waals surface area contributed by atoms with Gasteiger partial charge in [-0.3, -0.25) is 19.2 Å². The Morgan fingerprint density at radius 3 is 1.35 bits per heavy atom. The molecule has 2 atom stereocenters. The van der Waals surface area contributed by atoms with Crippen molar-refractivity contribution >= 4 is 59.4 Å². The molecule has 6 aliphatic rings. The summed E-state index contributed by atoms with van der Waals surface area (Å²) >= 11 is 3.38. The maximum atomic E-state index is 13.1. The molecule has 4 aliphatic carbocycles. The number of nitrogens with zero attached hydrogens (tertiary/aromatic N) is 3. The predicted octanol–water partition coefficient (Wildman–Crippen LogP) is 7.18. The van der Waals surface area contributed by atoms with E-state index in [9.17, 15) is 27.6 Å². The Morgan fingerprint density at radius 1 is 0.585 bits per heavy atom. The number of rotatable bonds is 9. The second-order valence-electron chi connectivity index (χ2n) is 17.9. The molecule has 2 fully saturated rings. The summed E-state index contributed by atoms with van der Waals surface area (Å²) in [5.41, 5.74) is 15.0. The molecule has 0 aromatic heterocycles. The molecule has 0 bridgehead atoms. The fraction of sp³-hybridized carbons (Fsp3) is 0.440. The fourth-order valence-electron chi connectivity index (χ4n) is 10.3. The van der Waals surface area contributed by atoms with Crippen LogP contribution in [0.1, 0.15) is 118 Å². The van der Waals surface area contributed by atoms with Gasteiger partial charge < -0.3 is 10.2 Å². The molecular weight excluding hydrogens is 925 g/mol. The van der Waals surface area contributed by atoms with Crippen LogP contribution in [0.5, 0.6) is 0 Å². The van der Waals surface area contributed by atoms with E-state index in [1.807, 2.05) is 29.2 Å². The highest BCUT2D eigenvalue weighted by molar-refractivity contribution is 9.08. The highest BCUT2D eigenvalue weighted by atomic mass is 79.9. The summed E-state index contributed by atoms with van der Waals surface area (Å²) in [5, 5.41) is 15.4. The number of hydrogen-bond donors (Lipinski definition) is 3. The number of hydrogen-bond acceptors (Lipinski definition) is 6. The number of alkyl halides is 1. The summed E-state index contributed by atoms with van der Waals surface area (Å²) in [4.78, 5) is 50.1. The van der Waals surface area contributed by atoms with Crippen LogP contribution in [0, 0.1) is 0 Å². The number of likely N-dealkylation sites (tertiary alicyclic amines) is 1. The standard InChI is InChI=1S/C25H29N3O3S.C21H23BrN2O2S.C4H7NO/c26-32(31,20-11-9-17(10-12-20)16-28-13-3-8-25(28)30)27-24(29)15-23-21-6-1-4-18(21)14-19-5-2-7-22(19)23;22-13-14-7-9-17(10-8-14)27(23,26)24-21(25)12-20-18-5-1-3-15(18)11-16-4-2-6-19(16)20;6-4-2-1-3-5-4/h9-12,14H,1-8,13,15-16H2,(H2,26,27,29,31);7-11H,1-6,12-13H2,(H2,23,24,25,26);1-3H2,(H,5,6). The number of halogens is 1. The Bertz CT molecular complexity index is 2700. The molecular formula is C50H59BrN6O6S2. The van der Waals surface area contributed by atoms with E-state index in [4.69, 9.17) is 10.3 Å². The molecule has 344 valence electrons. The number of benzene rings is 4. The first kappa shape index (κ1) is 47.0. The second kappa shape index (κ2) is 20.5. The van der Waals surface area contributed by atoms with Gasteiger partial charge in [-0.25, -0.2) is 18.7 Å². The lowest BCUT2D eigenvalue weighted by Crippen LogP contribution is -2.23. The molecule has 65 heavy (non-hydrogen) atoms. The number of carbonyl (C=O) groups excluding carboxylic acids is 4. The van der Waals surface area contributed by atoms with Gasteiger partial charge in [0.25, 0.3) is 11.8 Å². The third-order valence-corrected chi connectivity index (χ3v) is 16.9. The Hall–Kier alpha value is -4.54. The third-order valence-electron chi connectivity index (χ3n) is 13.5. The quantitative estimate of drug-likeness (QED) is 0.149. The number of nitrogens with one attached hydrogen (secondary N) is 1. The van der Waals surface area contributed by atoms with Crippen LogP contribution in [0.3, 0.4) is 0 Å². The molecule has 5 N–H and O–H groups in total. The average Bonchev–Trinajstić information content (AvgIpc) is 4.15. The van der Waals surface area contributed by atoms with E-state index >= 15 is 0 Å². The number of amides is 4. The van der Waals surface area contributed by atoms with Crippen molar-refractivity contribution < 1.29 is 27.6 Å². The van der Waals surface area contributed by atoms with E-state index in [1.54, 1.807) is 24.3 Å². The van der Waals surface area contributed by atoms with Crippen LogP contribution in [-0.4, -0.2) is 50.0 Å². The van der Waals surface area contributed by atoms with Crippen molar-refractivity contribution in [1.29, 1.82) is 0 Å². The van der Waals surface area contributed by atoms with Gasteiger partial charge in [0.05, 0.1) is 22.6 Å². The minimum atomic E-state index is -3.32. The molecule has 0 saturated carbocycles. The Balaban J connectivity index is 0.000000159. The molecule has 2 saturated heterocycles. The van der Waals surface area contributed by atoms with Gasteiger partial charge in [0.15, 0.2) is 0 Å². The zero-order chi connectivity index (χ0) is 45.7. The molecule has 4 aromatic carbocycles. The average molecular weight is 984 g/mol. The molecule has 4 amide bonds. The van der Waals surface area contributed by atoms with Gasteiger partial charge in [-0.15, -0.1) is 8.73 Å². The highest BCUT2D eigenvalue weighted by Crippen LogP contribution is 2.37. The van der Waals surface area contributed by atoms with Gasteiger partial charge in [0.2, 0.25) is 11.8 Å². The Kier molecular flexibility index (Phi) is 14.8. The van der Waals surface area contributed by atoms with Crippen LogP contribution in [0.4, 0.5) is 0 Å². The van der Waals surface area contributed by atoms with Crippen molar-refractivity contribution in [3.8, 4) is 0 Å². The molecule has 10 rings (SSSR count). The summed E-state index contributed by atoms with van der Waals surface area (Å²) in [6.07, 6.45) is 16.6. The zero-order valence-electron chi connectivity index (χ0n) is 37.0. The summed E-state index contributed by atoms with van der Waals surface area (Å²) < 4.78 is 33.8. The lowest BCUT2D eigenvalue weighted by molar-refractivity contribution is -0.128. The van der Waals surface area contributed by atoms with E-state index < -0.39 is 25.7 Å². The highest BCUT2D eigenvalue weighted by Gasteiger charge is 2.27. The van der Waals surface area contributed by atoms with Gasteiger partial charge in [-0.2, -0.15) is 0 Å². The number of nitrogens with two attached hydrogens (primary N) is 2. The smallest absolute Gasteiger partial charge is 0.259 e. The van der Waals surface area contributed by atoms with E-state index in [0.29, 0.717) is 28.1 Å². The van der Waals surface area contributed by atoms with E-state index in [0.717, 1.165) is 132 Å². The van der Waals surface area contributed by atoms with E-state index in [-0.39, 0.29) is 30.6 Å². The summed E-state index contributed by atoms with van der Waals surface area (Å²) in [6, 6.07) is 18.7. The normalized spacial score (nSPS) is 18.5. The first-order chi connectivity index (χ1) is 31.3. The molecule has 0 spiro atoms. The number of fused-ring (bicyclic) bond motifs is 4. The Labute approximate surface area is 391 Å². The molecule has 2 aliphatic heterocycles. The SMILES string of the molecule is NS(=O)(=NC(=O)Cc1c2c(cc3c1CCC3)CCC2)c1ccc(CBr)cc1.NS(=O)(=NC(=O)Cc1c2c(cc3c1CCC3)CCC2)c1ccc(CN2CCCC2=O)cc1.O=C1CCCN1. The van der Waals surface area contributed by atoms with E-state index in [1.165, 1.54) is 44.5 Å². The lowest BCUT2D eigenvalue weighted by atomic mass is 9.92. The van der Waals surface area contributed by atoms with Gasteiger partial charge in [-0.1, -0.05) is 52.3 Å². The topological polar surface area (TPSA) is 194 Å². The van der Waals surface area contributed by atoms with Crippen molar-refractivity contribution in [3.63, 3.8) is 0 Å². The van der Waals surface area contributed by atoms with Crippen LogP contribution in [0.2, 0.25) is 0 Å². The van der Waals surface area contributed by atoms with Gasteiger partial charge in [0, 0.05) is 37.8 Å². The largest absolute Gasteiger partial charge is 0.356 e. The lowest BCUT2D eigenvalue weighted by Gasteiger charge is -2.16. The summed E-state index contributed by atoms with van der Waals surface area (Å²) in [5.74, 6) is -0.439. The molecule has 0 radical (unpaired) electrons. The maximum absolute atomic E-state index is 13.1. The van der Waals surface area contributed by atoms with Crippen LogP contribution < -0.4 is 15.6 Å². The van der Waals surface area contributed by atoms with Crippen LogP contribution in [0.25, 0.3) is 0 Å². The Morgan fingerprint density at radius 2 is 1.02 bits per heavy atom. The zero-order valence-corrected chi connectivity index (χ0v) is 40.2. The molecule has 2 unspecified atom stereocenters. The van der Waals surface area contributed by atoms with E-state index in [2.05, 4.69) is 42.1 Å². The van der Waals surface area contributed by atoms with Crippen molar-refractivity contribution in [1.82, 2.24) is 10.2 Å². The number of aryl methyl sites for hydroxylation is 4. The second-order valence-corrected chi connectivity index (χ2v) is 22.1. The van der Waals surface area contributed by atoms with Gasteiger partial charge in [-0.05, 0) is 181 Å². The van der Waals surface area contributed by atoms with Crippen molar-refractivity contribution in [2.75, 3.05) is 13.1 Å². The molecule has 4 aromatic rings. The van der Waals surface area contributed by atoms with Gasteiger partial charge in [0.1, 0.15) is 19.8 Å². The van der Waals surface area contributed by atoms with Crippen molar-refractivity contribution in [3.05, 3.63) is 127 Å². The van der Waals surface area contributed by atoms with Crippen LogP contribution in [0.15, 0.2) is 79.2 Å². The fourth-order valence-corrected chi connectivity index (χ4v) is 12.7. The van der Waals surface area contributed by atoms with Crippen LogP contribution in [-0.2, 0) is 115 Å². The first-order valence-corrected chi connectivity index (χ1v) is 27.3. The van der Waals surface area contributed by atoms with Crippen LogP contribution >= 0.6 is 15.9 Å². The molecule has 15 heteroatoms. The minimum Gasteiger partial charge on any atom is -0.356 e. The van der Waals surface area contributed by atoms with Crippen molar-refractivity contribution in [2.24, 2.45) is 19.0 Å². The molecule has 12 nitrogen and oxygen atoms in total. The predicted molar refractivity (Wildman–Crippen MR) is 257 cm³/mol. The summed E-state index contributed by atoms with van der Waals surface area (Å²) in [7, 11) is -6.54. The molecule has 2 heterocycles. The monoisotopic (exact) mass is 982 g/mol. The first-order valence-electron chi connectivity index (χ1n) is 23.0.